The van der Waals surface area contributed by atoms with E-state index < -0.39 is 12.1 Å². The maximum absolute atomic E-state index is 12.6. The fourth-order valence-corrected chi connectivity index (χ4v) is 2.44. The summed E-state index contributed by atoms with van der Waals surface area (Å²) in [6, 6.07) is 0. The number of nitrogens with one attached hydrogen (secondary N) is 1. The second-order valence-electron chi connectivity index (χ2n) is 5.14. The second-order valence-corrected chi connectivity index (χ2v) is 5.14. The third-order valence-corrected chi connectivity index (χ3v) is 3.85. The highest BCUT2D eigenvalue weighted by atomic mass is 19.4. The van der Waals surface area contributed by atoms with E-state index >= 15 is 0 Å². The predicted molar refractivity (Wildman–Crippen MR) is 64.0 cm³/mol. The van der Waals surface area contributed by atoms with Gasteiger partial charge < -0.3 is 10.2 Å². The van der Waals surface area contributed by atoms with Crippen LogP contribution in [0, 0.1) is 5.92 Å². The van der Waals surface area contributed by atoms with Crippen molar-refractivity contribution in [2.75, 3.05) is 31.1 Å². The molecule has 0 bridgehead atoms. The normalized spacial score (nSPS) is 24.6. The monoisotopic (exact) mass is 272 g/mol. The van der Waals surface area contributed by atoms with Crippen molar-refractivity contribution in [3.8, 4) is 0 Å². The van der Waals surface area contributed by atoms with Crippen LogP contribution < -0.4 is 10.2 Å². The predicted octanol–water partition coefficient (Wildman–Crippen LogP) is 1.55. The molecule has 1 aromatic rings. The molecule has 0 saturated carbocycles. The summed E-state index contributed by atoms with van der Waals surface area (Å²) >= 11 is 0. The molecule has 4 nitrogen and oxygen atoms in total. The van der Waals surface area contributed by atoms with E-state index in [-0.39, 0.29) is 13.0 Å². The highest BCUT2D eigenvalue weighted by Gasteiger charge is 2.44. The van der Waals surface area contributed by atoms with Gasteiger partial charge in [-0.2, -0.15) is 13.2 Å². The first kappa shape index (κ1) is 12.7. The average molecular weight is 272 g/mol. The lowest BCUT2D eigenvalue weighted by Gasteiger charge is -2.27. The fourth-order valence-electron chi connectivity index (χ4n) is 2.44. The molecule has 1 aromatic heterocycles. The van der Waals surface area contributed by atoms with Gasteiger partial charge in [-0.25, -0.2) is 9.97 Å². The SMILES string of the molecule is FC(F)(F)C1CCN(c2ncc(C3CNC3)cn2)C1. The number of aromatic nitrogens is 2. The molecule has 0 radical (unpaired) electrons. The number of hydrogen-bond acceptors (Lipinski definition) is 4. The first-order valence-electron chi connectivity index (χ1n) is 6.38. The molecule has 2 aliphatic rings. The molecule has 1 atom stereocenters. The largest absolute Gasteiger partial charge is 0.393 e. The summed E-state index contributed by atoms with van der Waals surface area (Å²) in [5.41, 5.74) is 1.05. The van der Waals surface area contributed by atoms with Crippen molar-refractivity contribution in [1.29, 1.82) is 0 Å². The maximum Gasteiger partial charge on any atom is 0.393 e. The lowest BCUT2D eigenvalue weighted by Crippen LogP contribution is -2.40. The van der Waals surface area contributed by atoms with E-state index in [0.29, 0.717) is 18.4 Å². The smallest absolute Gasteiger partial charge is 0.340 e. The molecule has 0 aliphatic carbocycles. The van der Waals surface area contributed by atoms with Gasteiger partial charge in [-0.3, -0.25) is 0 Å². The molecule has 2 aliphatic heterocycles. The third-order valence-electron chi connectivity index (χ3n) is 3.85. The molecule has 3 heterocycles. The zero-order chi connectivity index (χ0) is 13.5. The number of alkyl halides is 3. The quantitative estimate of drug-likeness (QED) is 0.887. The molecule has 104 valence electrons. The Bertz CT molecular complexity index is 441. The average Bonchev–Trinajstić information content (AvgIpc) is 2.76. The maximum atomic E-state index is 12.6. The molecule has 1 N–H and O–H groups in total. The van der Waals surface area contributed by atoms with Crippen molar-refractivity contribution in [3.63, 3.8) is 0 Å². The molecule has 7 heteroatoms. The molecular weight excluding hydrogens is 257 g/mol. The van der Waals surface area contributed by atoms with E-state index in [1.54, 1.807) is 17.3 Å². The fraction of sp³-hybridized carbons (Fsp3) is 0.667. The topological polar surface area (TPSA) is 41.1 Å². The highest BCUT2D eigenvalue weighted by molar-refractivity contribution is 5.33. The van der Waals surface area contributed by atoms with Crippen molar-refractivity contribution in [2.45, 2.75) is 18.5 Å². The van der Waals surface area contributed by atoms with E-state index in [0.717, 1.165) is 18.7 Å². The van der Waals surface area contributed by atoms with E-state index in [2.05, 4.69) is 15.3 Å². The van der Waals surface area contributed by atoms with Crippen LogP contribution >= 0.6 is 0 Å². The van der Waals surface area contributed by atoms with Gasteiger partial charge in [-0.15, -0.1) is 0 Å². The molecular formula is C12H15F3N4. The molecule has 2 fully saturated rings. The van der Waals surface area contributed by atoms with Crippen molar-refractivity contribution in [2.24, 2.45) is 5.92 Å². The van der Waals surface area contributed by atoms with Crippen molar-refractivity contribution >= 4 is 5.95 Å². The number of rotatable bonds is 2. The Balaban J connectivity index is 1.66. The van der Waals surface area contributed by atoms with Crippen LogP contribution in [-0.4, -0.2) is 42.3 Å². The molecule has 0 aromatic carbocycles. The van der Waals surface area contributed by atoms with Crippen molar-refractivity contribution in [3.05, 3.63) is 18.0 Å². The Morgan fingerprint density at radius 1 is 1.21 bits per heavy atom. The minimum atomic E-state index is -4.12. The Morgan fingerprint density at radius 2 is 1.89 bits per heavy atom. The van der Waals surface area contributed by atoms with Crippen LogP contribution in [0.3, 0.4) is 0 Å². The van der Waals surface area contributed by atoms with Gasteiger partial charge in [-0.1, -0.05) is 0 Å². The summed E-state index contributed by atoms with van der Waals surface area (Å²) in [4.78, 5) is 10.0. The van der Waals surface area contributed by atoms with E-state index in [1.165, 1.54) is 0 Å². The number of halogens is 3. The third kappa shape index (κ3) is 2.51. The highest BCUT2D eigenvalue weighted by Crippen LogP contribution is 2.34. The Kier molecular flexibility index (Phi) is 3.08. The Morgan fingerprint density at radius 3 is 2.37 bits per heavy atom. The zero-order valence-electron chi connectivity index (χ0n) is 10.3. The summed E-state index contributed by atoms with van der Waals surface area (Å²) in [6.07, 6.45) is -0.531. The zero-order valence-corrected chi connectivity index (χ0v) is 10.3. The van der Waals surface area contributed by atoms with Crippen LogP contribution in [-0.2, 0) is 0 Å². The van der Waals surface area contributed by atoms with Crippen LogP contribution in [0.5, 0.6) is 0 Å². The Labute approximate surface area is 109 Å². The van der Waals surface area contributed by atoms with Gasteiger partial charge >= 0.3 is 6.18 Å². The summed E-state index contributed by atoms with van der Waals surface area (Å²) in [5, 5.41) is 3.16. The van der Waals surface area contributed by atoms with Gasteiger partial charge in [0.25, 0.3) is 0 Å². The standard InChI is InChI=1S/C12H15F3N4/c13-12(14,15)10-1-2-19(7-10)11-17-5-9(6-18-11)8-3-16-4-8/h5-6,8,10,16H,1-4,7H2. The number of anilines is 1. The molecule has 2 saturated heterocycles. The minimum absolute atomic E-state index is 0.0339. The van der Waals surface area contributed by atoms with Crippen LogP contribution in [0.2, 0.25) is 0 Å². The van der Waals surface area contributed by atoms with Gasteiger partial charge in [-0.05, 0) is 12.0 Å². The van der Waals surface area contributed by atoms with Crippen LogP contribution in [0.25, 0.3) is 0 Å². The molecule has 0 amide bonds. The molecule has 1 unspecified atom stereocenters. The van der Waals surface area contributed by atoms with Crippen LogP contribution in [0.1, 0.15) is 17.9 Å². The Hall–Kier alpha value is -1.37. The van der Waals surface area contributed by atoms with E-state index in [4.69, 9.17) is 0 Å². The first-order chi connectivity index (χ1) is 9.04. The van der Waals surface area contributed by atoms with Crippen LogP contribution in [0.4, 0.5) is 19.1 Å². The van der Waals surface area contributed by atoms with Gasteiger partial charge in [0.1, 0.15) is 0 Å². The summed E-state index contributed by atoms with van der Waals surface area (Å²) < 4.78 is 37.8. The number of nitrogens with zero attached hydrogens (tertiary/aromatic N) is 3. The van der Waals surface area contributed by atoms with Gasteiger partial charge in [0.05, 0.1) is 5.92 Å². The lowest BCUT2D eigenvalue weighted by molar-refractivity contribution is -0.168. The van der Waals surface area contributed by atoms with Gasteiger partial charge in [0.2, 0.25) is 5.95 Å². The molecule has 3 rings (SSSR count). The molecule has 0 spiro atoms. The summed E-state index contributed by atoms with van der Waals surface area (Å²) in [7, 11) is 0. The lowest BCUT2D eigenvalue weighted by atomic mass is 9.97. The summed E-state index contributed by atoms with van der Waals surface area (Å²) in [5.74, 6) is -0.412. The number of hydrogen-bond donors (Lipinski definition) is 1. The van der Waals surface area contributed by atoms with Gasteiger partial charge in [0.15, 0.2) is 0 Å². The summed E-state index contributed by atoms with van der Waals surface area (Å²) in [6.45, 7) is 2.17. The van der Waals surface area contributed by atoms with Crippen molar-refractivity contribution in [1.82, 2.24) is 15.3 Å². The molecule has 19 heavy (non-hydrogen) atoms. The van der Waals surface area contributed by atoms with E-state index in [1.807, 2.05) is 0 Å². The first-order valence-corrected chi connectivity index (χ1v) is 6.38. The second kappa shape index (κ2) is 4.63. The van der Waals surface area contributed by atoms with Gasteiger partial charge in [0, 0.05) is 44.5 Å². The minimum Gasteiger partial charge on any atom is -0.340 e. The van der Waals surface area contributed by atoms with E-state index in [9.17, 15) is 13.2 Å². The van der Waals surface area contributed by atoms with Crippen molar-refractivity contribution < 1.29 is 13.2 Å². The van der Waals surface area contributed by atoms with Crippen LogP contribution in [0.15, 0.2) is 12.4 Å².